The lowest BCUT2D eigenvalue weighted by atomic mass is 10.1. The molecule has 0 fully saturated rings. The van der Waals surface area contributed by atoms with Crippen LogP contribution in [0.3, 0.4) is 0 Å². The van der Waals surface area contributed by atoms with Crippen molar-refractivity contribution in [2.24, 2.45) is 0 Å². The summed E-state index contributed by atoms with van der Waals surface area (Å²) in [7, 11) is 0. The minimum Gasteiger partial charge on any atom is -0.508 e. The smallest absolute Gasteiger partial charge is 0.211 e. The largest absolute Gasteiger partial charge is 0.508 e. The average Bonchev–Trinajstić information content (AvgIpc) is 2.27. The summed E-state index contributed by atoms with van der Waals surface area (Å²) in [4.78, 5) is 0. The predicted molar refractivity (Wildman–Crippen MR) is 60.4 cm³/mol. The lowest BCUT2D eigenvalue weighted by Gasteiger charge is -2.01. The van der Waals surface area contributed by atoms with E-state index in [1.54, 1.807) is 6.07 Å². The van der Waals surface area contributed by atoms with Gasteiger partial charge in [0.05, 0.1) is 5.39 Å². The Morgan fingerprint density at radius 1 is 1.00 bits per heavy atom. The molecular weight excluding hydrogens is 202 g/mol. The second kappa shape index (κ2) is 3.10. The van der Waals surface area contributed by atoms with Gasteiger partial charge in [0.1, 0.15) is 11.5 Å². The molecule has 0 aliphatic rings. The van der Waals surface area contributed by atoms with E-state index in [2.05, 4.69) is 0 Å². The molecule has 78 valence electrons. The Hall–Kier alpha value is -2.29. The molecule has 3 rings (SSSR count). The van der Waals surface area contributed by atoms with E-state index in [0.717, 1.165) is 16.3 Å². The Morgan fingerprint density at radius 3 is 2.75 bits per heavy atom. The zero-order valence-corrected chi connectivity index (χ0v) is 8.46. The first-order valence-electron chi connectivity index (χ1n) is 5.00. The molecule has 0 saturated heterocycles. The Morgan fingerprint density at radius 2 is 1.88 bits per heavy atom. The maximum Gasteiger partial charge on any atom is 0.211 e. The van der Waals surface area contributed by atoms with E-state index >= 15 is 0 Å². The van der Waals surface area contributed by atoms with Crippen LogP contribution in [0.15, 0.2) is 48.8 Å². The second-order valence-corrected chi connectivity index (χ2v) is 3.77. The number of aromatic hydroxyl groups is 2. The summed E-state index contributed by atoms with van der Waals surface area (Å²) < 4.78 is 1.95. The number of rotatable bonds is 0. The summed E-state index contributed by atoms with van der Waals surface area (Å²) in [6.45, 7) is 0. The molecule has 2 aromatic heterocycles. The zero-order valence-electron chi connectivity index (χ0n) is 8.46. The fourth-order valence-corrected chi connectivity index (χ4v) is 1.92. The van der Waals surface area contributed by atoms with Crippen LogP contribution in [-0.4, -0.2) is 10.2 Å². The number of hydrogen-bond donors (Lipinski definition) is 2. The SMILES string of the molecule is Oc1cc(O)c2cc3cccc[n+]3cc2c1. The highest BCUT2D eigenvalue weighted by molar-refractivity contribution is 5.90. The highest BCUT2D eigenvalue weighted by atomic mass is 16.3. The monoisotopic (exact) mass is 212 g/mol. The van der Waals surface area contributed by atoms with Crippen LogP contribution in [0, 0.1) is 0 Å². The number of fused-ring (bicyclic) bond motifs is 2. The van der Waals surface area contributed by atoms with Crippen LogP contribution in [0.5, 0.6) is 11.5 Å². The van der Waals surface area contributed by atoms with Gasteiger partial charge in [-0.25, -0.2) is 0 Å². The van der Waals surface area contributed by atoms with Gasteiger partial charge in [0, 0.05) is 29.7 Å². The highest BCUT2D eigenvalue weighted by Gasteiger charge is 2.08. The van der Waals surface area contributed by atoms with Crippen molar-refractivity contribution in [2.45, 2.75) is 0 Å². The normalized spacial score (nSPS) is 11.0. The first-order valence-corrected chi connectivity index (χ1v) is 5.00. The maximum absolute atomic E-state index is 9.74. The number of hydrogen-bond acceptors (Lipinski definition) is 2. The summed E-state index contributed by atoms with van der Waals surface area (Å²) in [5.41, 5.74) is 0.996. The van der Waals surface area contributed by atoms with E-state index < -0.39 is 0 Å². The van der Waals surface area contributed by atoms with Gasteiger partial charge in [-0.3, -0.25) is 0 Å². The number of phenolic OH excluding ortho intramolecular Hbond substituents is 2. The maximum atomic E-state index is 9.74. The van der Waals surface area contributed by atoms with Crippen molar-refractivity contribution in [3.63, 3.8) is 0 Å². The molecule has 0 unspecified atom stereocenters. The zero-order chi connectivity index (χ0) is 11.1. The predicted octanol–water partition coefficient (Wildman–Crippen LogP) is 1.99. The van der Waals surface area contributed by atoms with E-state index in [1.807, 2.05) is 41.1 Å². The van der Waals surface area contributed by atoms with Crippen molar-refractivity contribution in [1.29, 1.82) is 0 Å². The van der Waals surface area contributed by atoms with Crippen LogP contribution >= 0.6 is 0 Å². The van der Waals surface area contributed by atoms with Crippen molar-refractivity contribution in [1.82, 2.24) is 0 Å². The van der Waals surface area contributed by atoms with Crippen LogP contribution in [0.2, 0.25) is 0 Å². The van der Waals surface area contributed by atoms with Gasteiger partial charge >= 0.3 is 0 Å². The average molecular weight is 212 g/mol. The summed E-state index contributed by atoms with van der Waals surface area (Å²) in [6.07, 6.45) is 3.81. The molecule has 16 heavy (non-hydrogen) atoms. The molecule has 0 aliphatic heterocycles. The Bertz CT molecular complexity index is 692. The highest BCUT2D eigenvalue weighted by Crippen LogP contribution is 2.29. The van der Waals surface area contributed by atoms with Crippen LogP contribution in [-0.2, 0) is 0 Å². The number of pyridine rings is 2. The summed E-state index contributed by atoms with van der Waals surface area (Å²) >= 11 is 0. The third-order valence-electron chi connectivity index (χ3n) is 2.67. The molecule has 0 saturated carbocycles. The lowest BCUT2D eigenvalue weighted by molar-refractivity contribution is -0.510. The van der Waals surface area contributed by atoms with Crippen molar-refractivity contribution in [3.8, 4) is 11.5 Å². The molecule has 0 radical (unpaired) electrons. The van der Waals surface area contributed by atoms with E-state index in [4.69, 9.17) is 0 Å². The number of aromatic nitrogens is 1. The van der Waals surface area contributed by atoms with Crippen LogP contribution in [0.25, 0.3) is 16.3 Å². The third kappa shape index (κ3) is 1.26. The first-order chi connectivity index (χ1) is 7.74. The number of benzene rings is 1. The molecule has 3 aromatic rings. The van der Waals surface area contributed by atoms with Crippen LogP contribution < -0.4 is 4.40 Å². The molecule has 0 aliphatic carbocycles. The molecule has 0 spiro atoms. The second-order valence-electron chi connectivity index (χ2n) is 3.77. The minimum absolute atomic E-state index is 0.0703. The van der Waals surface area contributed by atoms with Gasteiger partial charge in [-0.1, -0.05) is 0 Å². The Kier molecular flexibility index (Phi) is 1.74. The van der Waals surface area contributed by atoms with E-state index in [1.165, 1.54) is 6.07 Å². The molecule has 2 heterocycles. The minimum atomic E-state index is 0.0703. The lowest BCUT2D eigenvalue weighted by Crippen LogP contribution is -2.19. The quantitative estimate of drug-likeness (QED) is 0.442. The summed E-state index contributed by atoms with van der Waals surface area (Å²) in [5.74, 6) is 0.169. The van der Waals surface area contributed by atoms with Crippen LogP contribution in [0.4, 0.5) is 0 Å². The molecule has 3 heteroatoms. The number of nitrogens with zero attached hydrogens (tertiary/aromatic N) is 1. The molecule has 0 bridgehead atoms. The first kappa shape index (κ1) is 8.97. The van der Waals surface area contributed by atoms with Gasteiger partial charge in [-0.05, 0) is 12.1 Å². The van der Waals surface area contributed by atoms with Gasteiger partial charge in [0.15, 0.2) is 12.4 Å². The third-order valence-corrected chi connectivity index (χ3v) is 2.67. The van der Waals surface area contributed by atoms with Gasteiger partial charge in [-0.2, -0.15) is 4.40 Å². The van der Waals surface area contributed by atoms with Gasteiger partial charge < -0.3 is 10.2 Å². The topological polar surface area (TPSA) is 44.6 Å². The van der Waals surface area contributed by atoms with Crippen molar-refractivity contribution in [3.05, 3.63) is 48.8 Å². The molecule has 3 nitrogen and oxygen atoms in total. The van der Waals surface area contributed by atoms with Gasteiger partial charge in [-0.15, -0.1) is 0 Å². The van der Waals surface area contributed by atoms with E-state index in [-0.39, 0.29) is 11.5 Å². The van der Waals surface area contributed by atoms with Crippen molar-refractivity contribution >= 4 is 16.3 Å². The van der Waals surface area contributed by atoms with Crippen molar-refractivity contribution in [2.75, 3.05) is 0 Å². The molecule has 2 N–H and O–H groups in total. The van der Waals surface area contributed by atoms with E-state index in [9.17, 15) is 10.2 Å². The fourth-order valence-electron chi connectivity index (χ4n) is 1.92. The van der Waals surface area contributed by atoms with Crippen LogP contribution in [0.1, 0.15) is 0 Å². The molecule has 0 atom stereocenters. The molecule has 1 aromatic carbocycles. The van der Waals surface area contributed by atoms with E-state index in [0.29, 0.717) is 0 Å². The Balaban J connectivity index is 2.51. The summed E-state index contributed by atoms with van der Waals surface area (Å²) in [5, 5.41) is 20.7. The van der Waals surface area contributed by atoms with Crippen molar-refractivity contribution < 1.29 is 14.6 Å². The number of phenols is 2. The molecular formula is C13H10NO2+. The summed E-state index contributed by atoms with van der Waals surface area (Å²) in [6, 6.07) is 10.7. The molecule has 0 amide bonds. The van der Waals surface area contributed by atoms with Gasteiger partial charge in [0.2, 0.25) is 5.52 Å². The standard InChI is InChI=1S/C13H9NO2/c15-11-5-9-8-14-4-2-1-3-10(14)6-12(9)13(16)7-11/h1-8H,(H-,15,16)/p+1. The Labute approximate surface area is 91.8 Å². The van der Waals surface area contributed by atoms with Gasteiger partial charge in [0.25, 0.3) is 0 Å². The fraction of sp³-hybridized carbons (Fsp3) is 0.